The maximum atomic E-state index is 5.92. The molecule has 0 saturated carbocycles. The van der Waals surface area contributed by atoms with Gasteiger partial charge in [-0.25, -0.2) is 0 Å². The van der Waals surface area contributed by atoms with Gasteiger partial charge in [0.15, 0.2) is 0 Å². The molecule has 0 unspecified atom stereocenters. The van der Waals surface area contributed by atoms with E-state index in [4.69, 9.17) is 9.31 Å². The third-order valence-corrected chi connectivity index (χ3v) is 4.44. The number of hydrogen-bond donors (Lipinski definition) is 1. The van der Waals surface area contributed by atoms with E-state index in [1.54, 1.807) is 0 Å². The lowest BCUT2D eigenvalue weighted by Gasteiger charge is -2.32. The van der Waals surface area contributed by atoms with Crippen molar-refractivity contribution in [2.45, 2.75) is 51.9 Å². The minimum absolute atomic E-state index is 0.304. The summed E-state index contributed by atoms with van der Waals surface area (Å²) in [6.07, 6.45) is 3.83. The molecule has 1 aromatic rings. The van der Waals surface area contributed by atoms with E-state index >= 15 is 0 Å². The molecule has 114 valence electrons. The zero-order valence-electron chi connectivity index (χ0n) is 13.8. The molecule has 0 radical (unpaired) electrons. The molecule has 1 aliphatic heterocycles. The number of hydrogen-bond acceptors (Lipinski definition) is 4. The van der Waals surface area contributed by atoms with Crippen molar-refractivity contribution in [1.29, 1.82) is 0 Å². The van der Waals surface area contributed by atoms with Gasteiger partial charge in [-0.05, 0) is 59.4 Å². The van der Waals surface area contributed by atoms with Gasteiger partial charge in [0.2, 0.25) is 0 Å². The van der Waals surface area contributed by atoms with Crippen LogP contribution < -0.4 is 5.32 Å². The monoisotopic (exact) mass is 288 g/mol. The van der Waals surface area contributed by atoms with Crippen LogP contribution in [0, 0.1) is 0 Å². The SMILES string of the molecule is CN[C@H](C)c1ccc(/C=C/B2OC(C)(C)C(C)(C)O2)nc1. The molecule has 0 aliphatic carbocycles. The molecule has 0 amide bonds. The highest BCUT2D eigenvalue weighted by atomic mass is 16.7. The summed E-state index contributed by atoms with van der Waals surface area (Å²) in [5, 5.41) is 3.20. The van der Waals surface area contributed by atoms with Crippen LogP contribution in [0.4, 0.5) is 0 Å². The molecule has 1 saturated heterocycles. The summed E-state index contributed by atoms with van der Waals surface area (Å²) in [6.45, 7) is 10.3. The minimum Gasteiger partial charge on any atom is -0.400 e. The zero-order chi connectivity index (χ0) is 15.7. The molecule has 21 heavy (non-hydrogen) atoms. The number of nitrogens with one attached hydrogen (secondary N) is 1. The quantitative estimate of drug-likeness (QED) is 0.865. The Balaban J connectivity index is 2.03. The number of nitrogens with zero attached hydrogens (tertiary/aromatic N) is 1. The van der Waals surface area contributed by atoms with Crippen molar-refractivity contribution in [3.63, 3.8) is 0 Å². The molecule has 4 nitrogen and oxygen atoms in total. The molecule has 0 bridgehead atoms. The van der Waals surface area contributed by atoms with Crippen molar-refractivity contribution in [1.82, 2.24) is 10.3 Å². The smallest absolute Gasteiger partial charge is 0.400 e. The molecule has 0 aromatic carbocycles. The third kappa shape index (κ3) is 3.54. The van der Waals surface area contributed by atoms with Gasteiger partial charge in [0.1, 0.15) is 0 Å². The van der Waals surface area contributed by atoms with Crippen molar-refractivity contribution in [2.75, 3.05) is 7.05 Å². The third-order valence-electron chi connectivity index (χ3n) is 4.44. The van der Waals surface area contributed by atoms with Crippen molar-refractivity contribution in [3.05, 3.63) is 35.6 Å². The molecule has 1 fully saturated rings. The standard InChI is InChI=1S/C16H25BN2O2/c1-12(18-6)13-7-8-14(19-11-13)9-10-17-20-15(2,3)16(4,5)21-17/h7-12,18H,1-6H3/b10-9+/t12-/m1/s1. The first kappa shape index (κ1) is 16.2. The Labute approximate surface area is 128 Å². The lowest BCUT2D eigenvalue weighted by atomic mass is 9.89. The second-order valence-electron chi connectivity index (χ2n) is 6.51. The van der Waals surface area contributed by atoms with Crippen LogP contribution in [0.25, 0.3) is 6.08 Å². The van der Waals surface area contributed by atoms with E-state index in [9.17, 15) is 0 Å². The van der Waals surface area contributed by atoms with E-state index in [0.29, 0.717) is 6.04 Å². The van der Waals surface area contributed by atoms with Gasteiger partial charge < -0.3 is 14.6 Å². The predicted molar refractivity (Wildman–Crippen MR) is 86.8 cm³/mol. The first-order valence-electron chi connectivity index (χ1n) is 7.42. The summed E-state index contributed by atoms with van der Waals surface area (Å²) < 4.78 is 11.8. The maximum absolute atomic E-state index is 5.92. The number of rotatable bonds is 4. The van der Waals surface area contributed by atoms with Crippen LogP contribution in [-0.2, 0) is 9.31 Å². The Morgan fingerprint density at radius 2 is 1.81 bits per heavy atom. The van der Waals surface area contributed by atoms with Gasteiger partial charge in [0.05, 0.1) is 16.9 Å². The maximum Gasteiger partial charge on any atom is 0.487 e. The molecular formula is C16H25BN2O2. The van der Waals surface area contributed by atoms with Crippen LogP contribution in [0.1, 0.15) is 51.9 Å². The van der Waals surface area contributed by atoms with E-state index < -0.39 is 0 Å². The van der Waals surface area contributed by atoms with Crippen molar-refractivity contribution in [3.8, 4) is 0 Å². The van der Waals surface area contributed by atoms with Crippen LogP contribution in [0.15, 0.2) is 24.3 Å². The van der Waals surface area contributed by atoms with Crippen molar-refractivity contribution in [2.24, 2.45) is 0 Å². The largest absolute Gasteiger partial charge is 0.487 e. The summed E-state index contributed by atoms with van der Waals surface area (Å²) in [7, 11) is 1.62. The van der Waals surface area contributed by atoms with Gasteiger partial charge in [-0.2, -0.15) is 0 Å². The van der Waals surface area contributed by atoms with Crippen LogP contribution in [0.5, 0.6) is 0 Å². The fourth-order valence-corrected chi connectivity index (χ4v) is 2.08. The Hall–Kier alpha value is -1.17. The summed E-state index contributed by atoms with van der Waals surface area (Å²) in [5.74, 6) is 1.92. The van der Waals surface area contributed by atoms with E-state index in [0.717, 1.165) is 5.69 Å². The van der Waals surface area contributed by atoms with E-state index in [1.807, 2.05) is 59.1 Å². The molecule has 5 heteroatoms. The van der Waals surface area contributed by atoms with E-state index in [-0.39, 0.29) is 18.3 Å². The van der Waals surface area contributed by atoms with Crippen LogP contribution >= 0.6 is 0 Å². The summed E-state index contributed by atoms with van der Waals surface area (Å²) in [5.41, 5.74) is 1.46. The predicted octanol–water partition coefficient (Wildman–Crippen LogP) is 3.01. The van der Waals surface area contributed by atoms with Crippen LogP contribution in [0.3, 0.4) is 0 Å². The Morgan fingerprint density at radius 3 is 2.29 bits per heavy atom. The van der Waals surface area contributed by atoms with Crippen molar-refractivity contribution < 1.29 is 9.31 Å². The molecule has 1 N–H and O–H groups in total. The lowest BCUT2D eigenvalue weighted by molar-refractivity contribution is 0.00578. The topological polar surface area (TPSA) is 43.4 Å². The second kappa shape index (κ2) is 5.91. The summed E-state index contributed by atoms with van der Waals surface area (Å²) in [4.78, 5) is 4.44. The van der Waals surface area contributed by atoms with Gasteiger partial charge in [0.25, 0.3) is 0 Å². The van der Waals surface area contributed by atoms with Gasteiger partial charge in [-0.1, -0.05) is 12.0 Å². The zero-order valence-corrected chi connectivity index (χ0v) is 13.8. The summed E-state index contributed by atoms with van der Waals surface area (Å²) in [6, 6.07) is 4.39. The van der Waals surface area contributed by atoms with Gasteiger partial charge in [-0.3, -0.25) is 4.98 Å². The highest BCUT2D eigenvalue weighted by molar-refractivity contribution is 6.52. The molecule has 2 heterocycles. The Kier molecular flexibility index (Phi) is 4.56. The first-order chi connectivity index (χ1) is 9.75. The highest BCUT2D eigenvalue weighted by Gasteiger charge is 2.49. The fourth-order valence-electron chi connectivity index (χ4n) is 2.08. The Bertz CT molecular complexity index is 496. The van der Waals surface area contributed by atoms with E-state index in [2.05, 4.69) is 23.3 Å². The van der Waals surface area contributed by atoms with E-state index in [1.165, 1.54) is 5.56 Å². The molecule has 1 atom stereocenters. The first-order valence-corrected chi connectivity index (χ1v) is 7.42. The average molecular weight is 288 g/mol. The molecular weight excluding hydrogens is 263 g/mol. The molecule has 2 rings (SSSR count). The average Bonchev–Trinajstić information content (AvgIpc) is 2.64. The van der Waals surface area contributed by atoms with Gasteiger partial charge in [-0.15, -0.1) is 0 Å². The fraction of sp³-hybridized carbons (Fsp3) is 0.562. The van der Waals surface area contributed by atoms with Crippen LogP contribution in [-0.4, -0.2) is 30.4 Å². The number of aromatic nitrogens is 1. The molecule has 1 aliphatic rings. The number of pyridine rings is 1. The second-order valence-corrected chi connectivity index (χ2v) is 6.51. The minimum atomic E-state index is -0.326. The molecule has 0 spiro atoms. The van der Waals surface area contributed by atoms with Gasteiger partial charge in [0, 0.05) is 12.2 Å². The molecule has 1 aromatic heterocycles. The highest BCUT2D eigenvalue weighted by Crippen LogP contribution is 2.36. The normalized spacial score (nSPS) is 21.9. The van der Waals surface area contributed by atoms with Crippen LogP contribution in [0.2, 0.25) is 0 Å². The Morgan fingerprint density at radius 1 is 1.19 bits per heavy atom. The lowest BCUT2D eigenvalue weighted by Crippen LogP contribution is -2.41. The van der Waals surface area contributed by atoms with Crippen molar-refractivity contribution >= 4 is 13.2 Å². The summed E-state index contributed by atoms with van der Waals surface area (Å²) >= 11 is 0. The van der Waals surface area contributed by atoms with Gasteiger partial charge >= 0.3 is 7.12 Å².